The lowest BCUT2D eigenvalue weighted by Crippen LogP contribution is -2.37. The van der Waals surface area contributed by atoms with Gasteiger partial charge < -0.3 is 9.88 Å². The molecule has 0 aliphatic carbocycles. The molecule has 96 valence electrons. The first kappa shape index (κ1) is 12.8. The molecule has 2 heterocycles. The van der Waals surface area contributed by atoms with E-state index in [1.54, 1.807) is 0 Å². The van der Waals surface area contributed by atoms with E-state index in [0.29, 0.717) is 0 Å². The minimum atomic E-state index is 0.165. The molecule has 0 atom stereocenters. The largest absolute Gasteiger partial charge is 0.312 e. The van der Waals surface area contributed by atoms with Crippen molar-refractivity contribution in [1.29, 1.82) is 0 Å². The number of hydrogen-bond donors (Lipinski definition) is 1. The zero-order valence-electron chi connectivity index (χ0n) is 11.4. The summed E-state index contributed by atoms with van der Waals surface area (Å²) in [6.07, 6.45) is 4.98. The lowest BCUT2D eigenvalue weighted by atomic mass is 10.1. The number of pyridine rings is 1. The molecule has 3 nitrogen and oxygen atoms in total. The van der Waals surface area contributed by atoms with Crippen molar-refractivity contribution in [1.82, 2.24) is 14.9 Å². The molecule has 0 spiro atoms. The van der Waals surface area contributed by atoms with Crippen molar-refractivity contribution in [2.24, 2.45) is 0 Å². The second kappa shape index (κ2) is 5.36. The third-order valence-corrected chi connectivity index (χ3v) is 2.70. The maximum atomic E-state index is 4.66. The highest BCUT2D eigenvalue weighted by Gasteiger charge is 2.08. The van der Waals surface area contributed by atoms with Gasteiger partial charge in [-0.1, -0.05) is 6.07 Å². The van der Waals surface area contributed by atoms with Crippen LogP contribution < -0.4 is 5.32 Å². The van der Waals surface area contributed by atoms with Crippen LogP contribution in [0.2, 0.25) is 0 Å². The minimum absolute atomic E-state index is 0.165. The summed E-state index contributed by atoms with van der Waals surface area (Å²) in [5, 5.41) is 3.48. The fourth-order valence-electron chi connectivity index (χ4n) is 1.80. The molecule has 3 heteroatoms. The predicted molar refractivity (Wildman–Crippen MR) is 75.0 cm³/mol. The smallest absolute Gasteiger partial charge is 0.136 e. The van der Waals surface area contributed by atoms with Gasteiger partial charge in [-0.25, -0.2) is 4.98 Å². The minimum Gasteiger partial charge on any atom is -0.312 e. The highest BCUT2D eigenvalue weighted by Crippen LogP contribution is 2.07. The van der Waals surface area contributed by atoms with E-state index in [1.807, 2.05) is 35.2 Å². The van der Waals surface area contributed by atoms with E-state index in [2.05, 4.69) is 43.2 Å². The Morgan fingerprint density at radius 1 is 1.11 bits per heavy atom. The molecule has 0 unspecified atom stereocenters. The maximum absolute atomic E-state index is 4.66. The number of nitrogens with one attached hydrogen (secondary N) is 1. The first-order valence-electron chi connectivity index (χ1n) is 6.39. The van der Waals surface area contributed by atoms with E-state index < -0.39 is 0 Å². The topological polar surface area (TPSA) is 29.9 Å². The molecule has 2 aromatic heterocycles. The quantitative estimate of drug-likeness (QED) is 0.895. The summed E-state index contributed by atoms with van der Waals surface area (Å²) in [6, 6.07) is 10.2. The van der Waals surface area contributed by atoms with Crippen LogP contribution in [0.5, 0.6) is 0 Å². The van der Waals surface area contributed by atoms with Crippen LogP contribution in [0.15, 0.2) is 42.7 Å². The van der Waals surface area contributed by atoms with Crippen LogP contribution >= 0.6 is 0 Å². The molecular formula is C15H21N3. The van der Waals surface area contributed by atoms with Crippen LogP contribution in [0, 0.1) is 0 Å². The van der Waals surface area contributed by atoms with E-state index >= 15 is 0 Å². The van der Waals surface area contributed by atoms with E-state index in [9.17, 15) is 0 Å². The molecule has 2 rings (SSSR count). The van der Waals surface area contributed by atoms with E-state index in [0.717, 1.165) is 24.5 Å². The van der Waals surface area contributed by atoms with Crippen LogP contribution in [0.1, 0.15) is 26.5 Å². The second-order valence-electron chi connectivity index (χ2n) is 5.50. The van der Waals surface area contributed by atoms with Crippen LogP contribution in [-0.4, -0.2) is 21.6 Å². The number of aromatic nitrogens is 2. The SMILES string of the molecule is CC(C)(C)NCCc1cccc(-n2cccc2)n1. The second-order valence-corrected chi connectivity index (χ2v) is 5.50. The fraction of sp³-hybridized carbons (Fsp3) is 0.400. The van der Waals surface area contributed by atoms with Crippen molar-refractivity contribution in [3.05, 3.63) is 48.4 Å². The van der Waals surface area contributed by atoms with Crippen molar-refractivity contribution in [2.75, 3.05) is 6.54 Å². The van der Waals surface area contributed by atoms with Gasteiger partial charge >= 0.3 is 0 Å². The molecule has 0 aliphatic rings. The van der Waals surface area contributed by atoms with Gasteiger partial charge in [-0.05, 0) is 45.0 Å². The monoisotopic (exact) mass is 243 g/mol. The molecule has 0 bridgehead atoms. The van der Waals surface area contributed by atoms with Crippen LogP contribution in [-0.2, 0) is 6.42 Å². The molecular weight excluding hydrogens is 222 g/mol. The normalized spacial score (nSPS) is 11.7. The van der Waals surface area contributed by atoms with Crippen molar-refractivity contribution in [3.63, 3.8) is 0 Å². The molecule has 0 saturated carbocycles. The Hall–Kier alpha value is -1.61. The van der Waals surface area contributed by atoms with E-state index in [1.165, 1.54) is 0 Å². The summed E-state index contributed by atoms with van der Waals surface area (Å²) in [4.78, 5) is 4.66. The van der Waals surface area contributed by atoms with Crippen molar-refractivity contribution in [3.8, 4) is 5.82 Å². The molecule has 0 aliphatic heterocycles. The summed E-state index contributed by atoms with van der Waals surface area (Å²) >= 11 is 0. The van der Waals surface area contributed by atoms with Crippen LogP contribution in [0.25, 0.3) is 5.82 Å². The maximum Gasteiger partial charge on any atom is 0.136 e. The van der Waals surface area contributed by atoms with Gasteiger partial charge in [-0.3, -0.25) is 0 Å². The Morgan fingerprint density at radius 3 is 2.50 bits per heavy atom. The zero-order chi connectivity index (χ0) is 13.0. The van der Waals surface area contributed by atoms with Gasteiger partial charge in [0, 0.05) is 36.6 Å². The summed E-state index contributed by atoms with van der Waals surface area (Å²) in [7, 11) is 0. The summed E-state index contributed by atoms with van der Waals surface area (Å²) in [5.41, 5.74) is 1.29. The van der Waals surface area contributed by atoms with Gasteiger partial charge in [0.2, 0.25) is 0 Å². The van der Waals surface area contributed by atoms with Crippen LogP contribution in [0.3, 0.4) is 0 Å². The van der Waals surface area contributed by atoms with Crippen molar-refractivity contribution in [2.45, 2.75) is 32.7 Å². The van der Waals surface area contributed by atoms with Gasteiger partial charge in [0.05, 0.1) is 0 Å². The highest BCUT2D eigenvalue weighted by atomic mass is 15.0. The average molecular weight is 243 g/mol. The highest BCUT2D eigenvalue weighted by molar-refractivity contribution is 5.25. The Morgan fingerprint density at radius 2 is 1.83 bits per heavy atom. The third kappa shape index (κ3) is 3.70. The standard InChI is InChI=1S/C15H21N3/c1-15(2,3)16-10-9-13-7-6-8-14(17-13)18-11-4-5-12-18/h4-8,11-12,16H,9-10H2,1-3H3. The molecule has 18 heavy (non-hydrogen) atoms. The van der Waals surface area contributed by atoms with Gasteiger partial charge in [0.15, 0.2) is 0 Å². The molecule has 0 amide bonds. The number of hydrogen-bond acceptors (Lipinski definition) is 2. The summed E-state index contributed by atoms with van der Waals surface area (Å²) < 4.78 is 2.03. The molecule has 0 aromatic carbocycles. The van der Waals surface area contributed by atoms with E-state index in [4.69, 9.17) is 0 Å². The van der Waals surface area contributed by atoms with Gasteiger partial charge in [0.25, 0.3) is 0 Å². The summed E-state index contributed by atoms with van der Waals surface area (Å²) in [5.74, 6) is 0.980. The number of rotatable bonds is 4. The Kier molecular flexibility index (Phi) is 3.82. The fourth-order valence-corrected chi connectivity index (χ4v) is 1.80. The van der Waals surface area contributed by atoms with Gasteiger partial charge in [-0.2, -0.15) is 0 Å². The molecule has 0 radical (unpaired) electrons. The van der Waals surface area contributed by atoms with Crippen molar-refractivity contribution < 1.29 is 0 Å². The Bertz CT molecular complexity index is 481. The van der Waals surface area contributed by atoms with Crippen LogP contribution in [0.4, 0.5) is 0 Å². The lowest BCUT2D eigenvalue weighted by molar-refractivity contribution is 0.428. The Balaban J connectivity index is 2.00. The van der Waals surface area contributed by atoms with E-state index in [-0.39, 0.29) is 5.54 Å². The predicted octanol–water partition coefficient (Wildman–Crippen LogP) is 2.80. The molecule has 2 aromatic rings. The molecule has 1 N–H and O–H groups in total. The zero-order valence-corrected chi connectivity index (χ0v) is 11.4. The molecule has 0 saturated heterocycles. The molecule has 0 fully saturated rings. The van der Waals surface area contributed by atoms with Gasteiger partial charge in [0.1, 0.15) is 5.82 Å². The third-order valence-electron chi connectivity index (χ3n) is 2.70. The van der Waals surface area contributed by atoms with Gasteiger partial charge in [-0.15, -0.1) is 0 Å². The first-order valence-corrected chi connectivity index (χ1v) is 6.39. The first-order chi connectivity index (χ1) is 8.54. The number of nitrogens with zero attached hydrogens (tertiary/aromatic N) is 2. The Labute approximate surface area is 109 Å². The lowest BCUT2D eigenvalue weighted by Gasteiger charge is -2.20. The van der Waals surface area contributed by atoms with Crippen molar-refractivity contribution >= 4 is 0 Å². The summed E-state index contributed by atoms with van der Waals surface area (Å²) in [6.45, 7) is 7.48. The average Bonchev–Trinajstić information content (AvgIpc) is 2.81.